The van der Waals surface area contributed by atoms with Gasteiger partial charge in [-0.25, -0.2) is 4.79 Å². The number of amides is 2. The molecule has 0 atom stereocenters. The van der Waals surface area contributed by atoms with Gasteiger partial charge in [0, 0.05) is 0 Å². The van der Waals surface area contributed by atoms with E-state index in [2.05, 4.69) is 5.32 Å². The van der Waals surface area contributed by atoms with Crippen molar-refractivity contribution in [2.24, 2.45) is 0 Å². The number of thioether (sulfide) groups is 1. The molecule has 1 saturated heterocycles. The van der Waals surface area contributed by atoms with E-state index in [-0.39, 0.29) is 28.0 Å². The number of carboxylic acids is 1. The number of aromatic carboxylic acids is 1. The molecular formula is C22H18N2O4S2. The molecule has 0 saturated carbocycles. The van der Waals surface area contributed by atoms with Gasteiger partial charge in [-0.15, -0.1) is 0 Å². The summed E-state index contributed by atoms with van der Waals surface area (Å²) in [5.74, 6) is -2.04. The van der Waals surface area contributed by atoms with Gasteiger partial charge >= 0.3 is 5.97 Å². The molecule has 1 aliphatic heterocycles. The van der Waals surface area contributed by atoms with Crippen molar-refractivity contribution in [2.45, 2.75) is 6.92 Å². The van der Waals surface area contributed by atoms with Crippen molar-refractivity contribution in [1.29, 1.82) is 0 Å². The van der Waals surface area contributed by atoms with Crippen molar-refractivity contribution >= 4 is 57.8 Å². The molecule has 8 heteroatoms. The SMILES string of the molecule is CC(/C=C1\SC(=S)N(CC(=O)Nc2ccccc2C(=O)O)C1=O)=C\c1ccccc1. The molecule has 0 bridgehead atoms. The normalized spacial score (nSPS) is 15.6. The van der Waals surface area contributed by atoms with Gasteiger partial charge in [-0.3, -0.25) is 14.5 Å². The van der Waals surface area contributed by atoms with E-state index in [0.29, 0.717) is 4.91 Å². The number of carbonyl (C=O) groups is 3. The molecule has 152 valence electrons. The number of hydrogen-bond acceptors (Lipinski definition) is 5. The first-order valence-electron chi connectivity index (χ1n) is 8.96. The fourth-order valence-electron chi connectivity index (χ4n) is 2.81. The maximum atomic E-state index is 12.7. The summed E-state index contributed by atoms with van der Waals surface area (Å²) in [7, 11) is 0. The number of nitrogens with one attached hydrogen (secondary N) is 1. The molecule has 0 spiro atoms. The zero-order valence-electron chi connectivity index (χ0n) is 16.0. The molecule has 2 aromatic carbocycles. The zero-order chi connectivity index (χ0) is 21.7. The highest BCUT2D eigenvalue weighted by atomic mass is 32.2. The molecule has 30 heavy (non-hydrogen) atoms. The molecule has 2 N–H and O–H groups in total. The minimum Gasteiger partial charge on any atom is -0.478 e. The maximum Gasteiger partial charge on any atom is 0.337 e. The van der Waals surface area contributed by atoms with Gasteiger partial charge in [0.2, 0.25) is 5.91 Å². The Kier molecular flexibility index (Phi) is 6.81. The number of anilines is 1. The molecule has 0 unspecified atom stereocenters. The molecule has 2 amide bonds. The van der Waals surface area contributed by atoms with Crippen molar-refractivity contribution in [1.82, 2.24) is 4.90 Å². The summed E-state index contributed by atoms with van der Waals surface area (Å²) >= 11 is 6.39. The Bertz CT molecular complexity index is 1080. The summed E-state index contributed by atoms with van der Waals surface area (Å²) in [6.07, 6.45) is 3.69. The number of rotatable bonds is 6. The summed E-state index contributed by atoms with van der Waals surface area (Å²) in [5.41, 5.74) is 2.02. The van der Waals surface area contributed by atoms with E-state index < -0.39 is 11.9 Å². The fraction of sp³-hybridized carbons (Fsp3) is 0.0909. The van der Waals surface area contributed by atoms with E-state index in [4.69, 9.17) is 12.2 Å². The Morgan fingerprint density at radius 3 is 2.50 bits per heavy atom. The largest absolute Gasteiger partial charge is 0.478 e. The second-order valence-electron chi connectivity index (χ2n) is 6.47. The van der Waals surface area contributed by atoms with Crippen LogP contribution in [-0.2, 0) is 9.59 Å². The van der Waals surface area contributed by atoms with Crippen LogP contribution in [0.2, 0.25) is 0 Å². The van der Waals surface area contributed by atoms with Crippen molar-refractivity contribution < 1.29 is 19.5 Å². The summed E-state index contributed by atoms with van der Waals surface area (Å²) in [6, 6.07) is 15.8. The first-order valence-corrected chi connectivity index (χ1v) is 10.2. The van der Waals surface area contributed by atoms with Crippen LogP contribution in [0.3, 0.4) is 0 Å². The summed E-state index contributed by atoms with van der Waals surface area (Å²) in [4.78, 5) is 38.0. The van der Waals surface area contributed by atoms with E-state index in [9.17, 15) is 19.5 Å². The van der Waals surface area contributed by atoms with Crippen LogP contribution in [0.15, 0.2) is 71.2 Å². The van der Waals surface area contributed by atoms with Gasteiger partial charge < -0.3 is 10.4 Å². The van der Waals surface area contributed by atoms with E-state index in [0.717, 1.165) is 22.9 Å². The Morgan fingerprint density at radius 1 is 1.13 bits per heavy atom. The van der Waals surface area contributed by atoms with Crippen molar-refractivity contribution in [3.8, 4) is 0 Å². The third-order valence-electron chi connectivity index (χ3n) is 4.16. The first kappa shape index (κ1) is 21.5. The van der Waals surface area contributed by atoms with Gasteiger partial charge in [0.1, 0.15) is 10.9 Å². The van der Waals surface area contributed by atoms with Crippen LogP contribution in [0.1, 0.15) is 22.8 Å². The lowest BCUT2D eigenvalue weighted by molar-refractivity contribution is -0.126. The van der Waals surface area contributed by atoms with Crippen LogP contribution in [0.5, 0.6) is 0 Å². The predicted octanol–water partition coefficient (Wildman–Crippen LogP) is 4.17. The molecule has 1 fully saturated rings. The van der Waals surface area contributed by atoms with Gasteiger partial charge in [-0.1, -0.05) is 72.5 Å². The van der Waals surface area contributed by atoms with E-state index in [1.54, 1.807) is 18.2 Å². The highest BCUT2D eigenvalue weighted by Gasteiger charge is 2.33. The number of carboxylic acid groups (broad SMARTS) is 1. The number of carbonyl (C=O) groups excluding carboxylic acids is 2. The van der Waals surface area contributed by atoms with Gasteiger partial charge in [0.25, 0.3) is 5.91 Å². The second-order valence-corrected chi connectivity index (χ2v) is 8.14. The fourth-order valence-corrected chi connectivity index (χ4v) is 4.11. The number of allylic oxidation sites excluding steroid dienone is 2. The van der Waals surface area contributed by atoms with Crippen LogP contribution < -0.4 is 5.32 Å². The molecule has 1 heterocycles. The highest BCUT2D eigenvalue weighted by molar-refractivity contribution is 8.26. The molecular weight excluding hydrogens is 420 g/mol. The average Bonchev–Trinajstić information content (AvgIpc) is 2.96. The first-order chi connectivity index (χ1) is 14.3. The van der Waals surface area contributed by atoms with E-state index in [1.807, 2.05) is 43.3 Å². The maximum absolute atomic E-state index is 12.7. The number of benzene rings is 2. The van der Waals surface area contributed by atoms with Crippen LogP contribution in [-0.4, -0.2) is 38.7 Å². The summed E-state index contributed by atoms with van der Waals surface area (Å²) < 4.78 is 0.278. The molecule has 0 aromatic heterocycles. The Morgan fingerprint density at radius 2 is 1.80 bits per heavy atom. The zero-order valence-corrected chi connectivity index (χ0v) is 17.6. The lowest BCUT2D eigenvalue weighted by Gasteiger charge is -2.15. The number of thiocarbonyl (C=S) groups is 1. The van der Waals surface area contributed by atoms with Gasteiger partial charge in [0.15, 0.2) is 0 Å². The van der Waals surface area contributed by atoms with Crippen molar-refractivity contribution in [2.75, 3.05) is 11.9 Å². The van der Waals surface area contributed by atoms with Crippen molar-refractivity contribution in [3.63, 3.8) is 0 Å². The Hall–Kier alpha value is -3.23. The minimum atomic E-state index is -1.15. The summed E-state index contributed by atoms with van der Waals surface area (Å²) in [6.45, 7) is 1.59. The number of para-hydroxylation sites is 1. The quantitative estimate of drug-likeness (QED) is 0.520. The third-order valence-corrected chi connectivity index (χ3v) is 5.54. The minimum absolute atomic E-state index is 0.0298. The van der Waals surface area contributed by atoms with E-state index in [1.165, 1.54) is 17.0 Å². The smallest absolute Gasteiger partial charge is 0.337 e. The van der Waals surface area contributed by atoms with Crippen LogP contribution >= 0.6 is 24.0 Å². The number of nitrogens with zero attached hydrogens (tertiary/aromatic N) is 1. The lowest BCUT2D eigenvalue weighted by Crippen LogP contribution is -2.36. The topological polar surface area (TPSA) is 86.7 Å². The molecule has 0 radical (unpaired) electrons. The molecule has 0 aliphatic carbocycles. The monoisotopic (exact) mass is 438 g/mol. The Balaban J connectivity index is 1.70. The second kappa shape index (κ2) is 9.51. The van der Waals surface area contributed by atoms with Crippen LogP contribution in [0.4, 0.5) is 5.69 Å². The van der Waals surface area contributed by atoms with Crippen molar-refractivity contribution in [3.05, 3.63) is 82.3 Å². The van der Waals surface area contributed by atoms with Gasteiger partial charge in [0.05, 0.1) is 16.2 Å². The predicted molar refractivity (Wildman–Crippen MR) is 122 cm³/mol. The van der Waals surface area contributed by atoms with Gasteiger partial charge in [-0.2, -0.15) is 0 Å². The third kappa shape index (κ3) is 5.22. The van der Waals surface area contributed by atoms with Crippen LogP contribution in [0, 0.1) is 0 Å². The standard InChI is InChI=1S/C22H18N2O4S2/c1-14(11-15-7-3-2-4-8-15)12-18-20(26)24(22(29)30-18)13-19(25)23-17-10-6-5-9-16(17)21(27)28/h2-12H,13H2,1H3,(H,23,25)(H,27,28)/b14-11+,18-12-. The highest BCUT2D eigenvalue weighted by Crippen LogP contribution is 2.32. The molecule has 3 rings (SSSR count). The Labute approximate surface area is 183 Å². The molecule has 2 aromatic rings. The molecule has 1 aliphatic rings. The number of hydrogen-bond donors (Lipinski definition) is 2. The van der Waals surface area contributed by atoms with Gasteiger partial charge in [-0.05, 0) is 36.3 Å². The van der Waals surface area contributed by atoms with E-state index >= 15 is 0 Å². The summed E-state index contributed by atoms with van der Waals surface area (Å²) in [5, 5.41) is 11.8. The average molecular weight is 439 g/mol. The lowest BCUT2D eigenvalue weighted by atomic mass is 10.1. The molecule has 6 nitrogen and oxygen atoms in total. The van der Waals surface area contributed by atoms with Crippen LogP contribution in [0.25, 0.3) is 6.08 Å².